The summed E-state index contributed by atoms with van der Waals surface area (Å²) in [6, 6.07) is 0. The molecule has 0 unspecified atom stereocenters. The third-order valence-electron chi connectivity index (χ3n) is 9.44. The molecule has 0 aromatic rings. The van der Waals surface area contributed by atoms with Crippen molar-refractivity contribution in [2.24, 2.45) is 33.7 Å². The first-order valence-electron chi connectivity index (χ1n) is 12.8. The second-order valence-electron chi connectivity index (χ2n) is 11.2. The molecule has 33 heavy (non-hydrogen) atoms. The number of aliphatic hydroxyl groups excluding tert-OH is 1. The molecule has 0 aromatic carbocycles. The fourth-order valence-electron chi connectivity index (χ4n) is 7.47. The van der Waals surface area contributed by atoms with Crippen LogP contribution in [0.5, 0.6) is 0 Å². The minimum absolute atomic E-state index is 0.115. The van der Waals surface area contributed by atoms with Crippen molar-refractivity contribution < 1.29 is 24.6 Å². The molecule has 3 fully saturated rings. The lowest BCUT2D eigenvalue weighted by molar-refractivity contribution is -0.137. The number of carbonyl (C=O) groups is 2. The van der Waals surface area contributed by atoms with Crippen molar-refractivity contribution in [1.29, 1.82) is 0 Å². The Hall–Kier alpha value is -1.89. The number of allylic oxidation sites excluding steroid dienone is 2. The van der Waals surface area contributed by atoms with Gasteiger partial charge in [0.15, 0.2) is 6.61 Å². The number of carbonyl (C=O) groups excluding carboxylic acids is 1. The van der Waals surface area contributed by atoms with Crippen molar-refractivity contribution in [3.8, 4) is 0 Å². The van der Waals surface area contributed by atoms with Gasteiger partial charge in [-0.15, -0.1) is 0 Å². The Morgan fingerprint density at radius 3 is 2.73 bits per heavy atom. The molecule has 6 atom stereocenters. The highest BCUT2D eigenvalue weighted by Gasteiger charge is 2.58. The van der Waals surface area contributed by atoms with Gasteiger partial charge in [-0.1, -0.05) is 24.6 Å². The Balaban J connectivity index is 1.30. The Labute approximate surface area is 197 Å². The van der Waals surface area contributed by atoms with Crippen LogP contribution in [0.15, 0.2) is 16.8 Å². The number of carboxylic acid groups (broad SMARTS) is 1. The standard InChI is InChI=1S/C26H40N2O5/c1-25-12-10-18(28-33-16-23(30)27-14-4-3-5-24(31)32)15-17(25)6-7-19-20-8-9-22(29)26(20,2)13-11-21(19)25/h15,19-22,29H,3-14,16H2,1-2H3,(H,27,30)(H,31,32)/t19-,20-,21-,22+,25-,26-/m0/s1. The topological polar surface area (TPSA) is 108 Å². The van der Waals surface area contributed by atoms with Crippen molar-refractivity contribution in [3.05, 3.63) is 11.6 Å². The molecule has 4 aliphatic carbocycles. The van der Waals surface area contributed by atoms with Crippen LogP contribution in [0.4, 0.5) is 0 Å². The van der Waals surface area contributed by atoms with Crippen LogP contribution in [-0.2, 0) is 14.4 Å². The maximum Gasteiger partial charge on any atom is 0.303 e. The Bertz CT molecular complexity index is 823. The number of fused-ring (bicyclic) bond motifs is 5. The van der Waals surface area contributed by atoms with Crippen LogP contribution < -0.4 is 5.32 Å². The fourth-order valence-corrected chi connectivity index (χ4v) is 7.47. The zero-order valence-electron chi connectivity index (χ0n) is 20.1. The van der Waals surface area contributed by atoms with Gasteiger partial charge in [-0.3, -0.25) is 9.59 Å². The molecule has 3 saturated carbocycles. The molecular weight excluding hydrogens is 420 g/mol. The van der Waals surface area contributed by atoms with E-state index in [-0.39, 0.29) is 35.9 Å². The zero-order chi connectivity index (χ0) is 23.6. The molecule has 0 radical (unpaired) electrons. The number of hydrogen-bond acceptors (Lipinski definition) is 5. The molecular formula is C26H40N2O5. The van der Waals surface area contributed by atoms with Gasteiger partial charge in [0.05, 0.1) is 11.8 Å². The van der Waals surface area contributed by atoms with Gasteiger partial charge in [-0.2, -0.15) is 0 Å². The number of hydrogen-bond donors (Lipinski definition) is 3. The molecule has 0 heterocycles. The molecule has 0 aliphatic heterocycles. The van der Waals surface area contributed by atoms with E-state index >= 15 is 0 Å². The van der Waals surface area contributed by atoms with Crippen LogP contribution in [0, 0.1) is 28.6 Å². The summed E-state index contributed by atoms with van der Waals surface area (Å²) in [7, 11) is 0. The monoisotopic (exact) mass is 460 g/mol. The Morgan fingerprint density at radius 2 is 1.94 bits per heavy atom. The molecule has 0 saturated heterocycles. The number of nitrogens with one attached hydrogen (secondary N) is 1. The van der Waals surface area contributed by atoms with Crippen molar-refractivity contribution in [2.75, 3.05) is 13.2 Å². The predicted molar refractivity (Wildman–Crippen MR) is 126 cm³/mol. The Morgan fingerprint density at radius 1 is 1.12 bits per heavy atom. The van der Waals surface area contributed by atoms with E-state index in [4.69, 9.17) is 9.94 Å². The lowest BCUT2D eigenvalue weighted by atomic mass is 9.47. The van der Waals surface area contributed by atoms with Crippen LogP contribution in [0.2, 0.25) is 0 Å². The van der Waals surface area contributed by atoms with Gasteiger partial charge in [-0.05, 0) is 98.9 Å². The van der Waals surface area contributed by atoms with Crippen LogP contribution in [-0.4, -0.2) is 47.1 Å². The van der Waals surface area contributed by atoms with Gasteiger partial charge in [0.1, 0.15) is 0 Å². The second-order valence-corrected chi connectivity index (χ2v) is 11.2. The summed E-state index contributed by atoms with van der Waals surface area (Å²) >= 11 is 0. The van der Waals surface area contributed by atoms with Crippen LogP contribution in [0.3, 0.4) is 0 Å². The number of nitrogens with zero attached hydrogens (tertiary/aromatic N) is 1. The van der Waals surface area contributed by atoms with Gasteiger partial charge in [0.2, 0.25) is 0 Å². The maximum atomic E-state index is 11.9. The number of aliphatic hydroxyl groups is 1. The van der Waals surface area contributed by atoms with Gasteiger partial charge < -0.3 is 20.4 Å². The summed E-state index contributed by atoms with van der Waals surface area (Å²) in [6.45, 7) is 5.11. The SMILES string of the molecule is C[C@]12CC[C@H]3[C@@H](CCC4=CC(=NOCC(=O)NCCCCC(=O)O)CC[C@@]43C)[C@@H]1CC[C@H]2O. The largest absolute Gasteiger partial charge is 0.481 e. The molecule has 0 bridgehead atoms. The number of unbranched alkanes of at least 4 members (excludes halogenated alkanes) is 1. The third kappa shape index (κ3) is 4.84. The molecule has 0 aromatic heterocycles. The first-order chi connectivity index (χ1) is 15.7. The van der Waals surface area contributed by atoms with Crippen molar-refractivity contribution in [3.63, 3.8) is 0 Å². The molecule has 7 nitrogen and oxygen atoms in total. The van der Waals surface area contributed by atoms with Gasteiger partial charge in [0, 0.05) is 13.0 Å². The number of aliphatic carboxylic acids is 1. The number of oxime groups is 1. The summed E-state index contributed by atoms with van der Waals surface area (Å²) in [5.41, 5.74) is 2.74. The van der Waals surface area contributed by atoms with E-state index in [1.54, 1.807) is 0 Å². The highest BCUT2D eigenvalue weighted by Crippen LogP contribution is 2.65. The first-order valence-corrected chi connectivity index (χ1v) is 12.8. The van der Waals surface area contributed by atoms with E-state index in [1.807, 2.05) is 0 Å². The van der Waals surface area contributed by atoms with E-state index in [0.717, 1.165) is 43.7 Å². The Kier molecular flexibility index (Phi) is 7.18. The lowest BCUT2D eigenvalue weighted by Crippen LogP contribution is -2.51. The minimum Gasteiger partial charge on any atom is -0.481 e. The van der Waals surface area contributed by atoms with Crippen LogP contribution >= 0.6 is 0 Å². The van der Waals surface area contributed by atoms with Crippen molar-refractivity contribution >= 4 is 17.6 Å². The molecule has 0 spiro atoms. The van der Waals surface area contributed by atoms with Crippen molar-refractivity contribution in [1.82, 2.24) is 5.32 Å². The average molecular weight is 461 g/mol. The van der Waals surface area contributed by atoms with Crippen LogP contribution in [0.25, 0.3) is 0 Å². The summed E-state index contributed by atoms with van der Waals surface area (Å²) < 4.78 is 0. The summed E-state index contributed by atoms with van der Waals surface area (Å²) in [5, 5.41) is 26.3. The predicted octanol–water partition coefficient (Wildman–Crippen LogP) is 4.05. The number of rotatable bonds is 8. The molecule has 184 valence electrons. The highest BCUT2D eigenvalue weighted by atomic mass is 16.6. The van der Waals surface area contributed by atoms with E-state index < -0.39 is 5.97 Å². The van der Waals surface area contributed by atoms with Crippen LogP contribution in [0.1, 0.15) is 84.5 Å². The summed E-state index contributed by atoms with van der Waals surface area (Å²) in [4.78, 5) is 27.7. The van der Waals surface area contributed by atoms with E-state index in [2.05, 4.69) is 30.4 Å². The lowest BCUT2D eigenvalue weighted by Gasteiger charge is -2.57. The van der Waals surface area contributed by atoms with Gasteiger partial charge in [-0.25, -0.2) is 0 Å². The number of amides is 1. The van der Waals surface area contributed by atoms with E-state index in [1.165, 1.54) is 24.8 Å². The molecule has 4 rings (SSSR count). The van der Waals surface area contributed by atoms with Gasteiger partial charge in [0.25, 0.3) is 5.91 Å². The first kappa shape index (κ1) is 24.2. The molecule has 1 amide bonds. The van der Waals surface area contributed by atoms with Gasteiger partial charge >= 0.3 is 5.97 Å². The number of carboxylic acids is 1. The molecule has 7 heteroatoms. The molecule has 4 aliphatic rings. The minimum atomic E-state index is -0.814. The van der Waals surface area contributed by atoms with E-state index in [0.29, 0.717) is 31.2 Å². The smallest absolute Gasteiger partial charge is 0.303 e. The fraction of sp³-hybridized carbons (Fsp3) is 0.808. The highest BCUT2D eigenvalue weighted by molar-refractivity contribution is 5.96. The zero-order valence-corrected chi connectivity index (χ0v) is 20.1. The quantitative estimate of drug-likeness (QED) is 0.374. The van der Waals surface area contributed by atoms with Crippen molar-refractivity contribution in [2.45, 2.75) is 90.6 Å². The third-order valence-corrected chi connectivity index (χ3v) is 9.44. The second kappa shape index (κ2) is 9.77. The summed E-state index contributed by atoms with van der Waals surface area (Å²) in [6.07, 6.45) is 12.1. The summed E-state index contributed by atoms with van der Waals surface area (Å²) in [5.74, 6) is 1.02. The normalized spacial score (nSPS) is 38.6. The maximum absolute atomic E-state index is 11.9. The average Bonchev–Trinajstić information content (AvgIpc) is 3.08. The molecule has 3 N–H and O–H groups in total. The van der Waals surface area contributed by atoms with E-state index in [9.17, 15) is 14.7 Å².